The molecular formula is C18H24N2O4. The van der Waals surface area contributed by atoms with E-state index in [9.17, 15) is 9.59 Å². The first-order chi connectivity index (χ1) is 11.6. The third-order valence-electron chi connectivity index (χ3n) is 3.90. The van der Waals surface area contributed by atoms with E-state index >= 15 is 0 Å². The van der Waals surface area contributed by atoms with E-state index in [2.05, 4.69) is 10.6 Å². The molecule has 6 nitrogen and oxygen atoms in total. The second-order valence-electron chi connectivity index (χ2n) is 5.84. The Bertz CT molecular complexity index is 607. The van der Waals surface area contributed by atoms with Gasteiger partial charge in [0.15, 0.2) is 0 Å². The van der Waals surface area contributed by atoms with Gasteiger partial charge in [-0.2, -0.15) is 0 Å². The minimum atomic E-state index is -0.458. The van der Waals surface area contributed by atoms with E-state index in [1.165, 1.54) is 19.6 Å². The summed E-state index contributed by atoms with van der Waals surface area (Å²) < 4.78 is 10.2. The van der Waals surface area contributed by atoms with Gasteiger partial charge in [-0.15, -0.1) is 0 Å². The average Bonchev–Trinajstić information content (AvgIpc) is 2.55. The van der Waals surface area contributed by atoms with Crippen LogP contribution in [0.25, 0.3) is 0 Å². The van der Waals surface area contributed by atoms with Gasteiger partial charge in [0.05, 0.1) is 12.9 Å². The van der Waals surface area contributed by atoms with Crippen LogP contribution in [0.4, 0.5) is 10.5 Å². The minimum Gasteiger partial charge on any atom is -0.501 e. The van der Waals surface area contributed by atoms with E-state index < -0.39 is 6.09 Å². The van der Waals surface area contributed by atoms with E-state index in [-0.39, 0.29) is 11.9 Å². The number of hydrogen-bond donors (Lipinski definition) is 2. The molecule has 0 unspecified atom stereocenters. The van der Waals surface area contributed by atoms with Gasteiger partial charge >= 0.3 is 6.09 Å². The Balaban J connectivity index is 1.89. The zero-order chi connectivity index (χ0) is 17.4. The molecule has 1 aromatic carbocycles. The number of ether oxygens (including phenoxy) is 2. The van der Waals surface area contributed by atoms with Crippen molar-refractivity contribution in [1.82, 2.24) is 5.32 Å². The largest absolute Gasteiger partial charge is 0.501 e. The Kier molecular flexibility index (Phi) is 6.66. The van der Waals surface area contributed by atoms with Crippen LogP contribution in [0.15, 0.2) is 36.1 Å². The van der Waals surface area contributed by atoms with Gasteiger partial charge in [0.1, 0.15) is 5.75 Å². The smallest absolute Gasteiger partial charge is 0.412 e. The first kappa shape index (κ1) is 17.8. The van der Waals surface area contributed by atoms with E-state index in [1.807, 2.05) is 0 Å². The van der Waals surface area contributed by atoms with Crippen LogP contribution in [0.1, 0.15) is 39.0 Å². The van der Waals surface area contributed by atoms with Gasteiger partial charge in [0, 0.05) is 23.9 Å². The number of amides is 2. The molecule has 6 heteroatoms. The van der Waals surface area contributed by atoms with E-state index in [0.717, 1.165) is 25.7 Å². The predicted molar refractivity (Wildman–Crippen MR) is 91.9 cm³/mol. The SMILES string of the molecule is CO/C(C)=C\C(=O)Nc1cccc(OC(=O)NC2CCCCC2)c1. The van der Waals surface area contributed by atoms with Crippen LogP contribution in [-0.4, -0.2) is 25.2 Å². The number of carbonyl (C=O) groups excluding carboxylic acids is 2. The number of carbonyl (C=O) groups is 2. The number of rotatable bonds is 5. The van der Waals surface area contributed by atoms with Crippen LogP contribution in [0.3, 0.4) is 0 Å². The number of nitrogens with one attached hydrogen (secondary N) is 2. The van der Waals surface area contributed by atoms with Gasteiger partial charge in [-0.1, -0.05) is 25.3 Å². The molecule has 1 aliphatic rings. The van der Waals surface area contributed by atoms with Crippen molar-refractivity contribution in [3.8, 4) is 5.75 Å². The van der Waals surface area contributed by atoms with Crippen molar-refractivity contribution < 1.29 is 19.1 Å². The standard InChI is InChI=1S/C18H24N2O4/c1-13(23-2)11-17(21)19-15-9-6-10-16(12-15)24-18(22)20-14-7-4-3-5-8-14/h6,9-12,14H,3-5,7-8H2,1-2H3,(H,19,21)(H,20,22)/b13-11-. The van der Waals surface area contributed by atoms with Gasteiger partial charge in [-0.3, -0.25) is 4.79 Å². The fourth-order valence-electron chi connectivity index (χ4n) is 2.61. The number of methoxy groups -OCH3 is 1. The molecule has 24 heavy (non-hydrogen) atoms. The van der Waals surface area contributed by atoms with Gasteiger partial charge in [0.2, 0.25) is 0 Å². The number of allylic oxidation sites excluding steroid dienone is 1. The van der Waals surface area contributed by atoms with Crippen molar-refractivity contribution in [1.29, 1.82) is 0 Å². The first-order valence-corrected chi connectivity index (χ1v) is 8.18. The lowest BCUT2D eigenvalue weighted by Crippen LogP contribution is -2.38. The lowest BCUT2D eigenvalue weighted by molar-refractivity contribution is -0.112. The summed E-state index contributed by atoms with van der Waals surface area (Å²) in [7, 11) is 1.50. The van der Waals surface area contributed by atoms with Crippen molar-refractivity contribution >= 4 is 17.7 Å². The monoisotopic (exact) mass is 332 g/mol. The lowest BCUT2D eigenvalue weighted by Gasteiger charge is -2.22. The van der Waals surface area contributed by atoms with Crippen molar-refractivity contribution in [2.45, 2.75) is 45.1 Å². The summed E-state index contributed by atoms with van der Waals surface area (Å²) in [6, 6.07) is 6.91. The Morgan fingerprint density at radius 2 is 1.96 bits per heavy atom. The van der Waals surface area contributed by atoms with Crippen molar-refractivity contribution in [3.63, 3.8) is 0 Å². The van der Waals surface area contributed by atoms with Crippen LogP contribution in [0.5, 0.6) is 5.75 Å². The van der Waals surface area contributed by atoms with Gasteiger partial charge < -0.3 is 20.1 Å². The highest BCUT2D eigenvalue weighted by molar-refractivity contribution is 5.99. The minimum absolute atomic E-state index is 0.191. The average molecular weight is 332 g/mol. The molecule has 0 spiro atoms. The fourth-order valence-corrected chi connectivity index (χ4v) is 2.61. The molecule has 1 saturated carbocycles. The zero-order valence-electron chi connectivity index (χ0n) is 14.1. The van der Waals surface area contributed by atoms with Crippen LogP contribution in [0.2, 0.25) is 0 Å². The molecule has 0 heterocycles. The van der Waals surface area contributed by atoms with E-state index in [0.29, 0.717) is 17.2 Å². The fraction of sp³-hybridized carbons (Fsp3) is 0.444. The molecule has 0 atom stereocenters. The topological polar surface area (TPSA) is 76.7 Å². The van der Waals surface area contributed by atoms with Crippen molar-refractivity contribution in [2.24, 2.45) is 0 Å². The molecule has 0 bridgehead atoms. The normalized spacial score (nSPS) is 15.5. The van der Waals surface area contributed by atoms with E-state index in [1.54, 1.807) is 31.2 Å². The Morgan fingerprint density at radius 3 is 2.67 bits per heavy atom. The summed E-state index contributed by atoms with van der Waals surface area (Å²) >= 11 is 0. The van der Waals surface area contributed by atoms with Crippen LogP contribution < -0.4 is 15.4 Å². The zero-order valence-corrected chi connectivity index (χ0v) is 14.1. The molecule has 0 saturated heterocycles. The van der Waals surface area contributed by atoms with Crippen LogP contribution >= 0.6 is 0 Å². The first-order valence-electron chi connectivity index (χ1n) is 8.18. The molecule has 1 aliphatic carbocycles. The number of benzene rings is 1. The maximum absolute atomic E-state index is 12.0. The third kappa shape index (κ3) is 5.95. The Labute approximate surface area is 142 Å². The summed E-state index contributed by atoms with van der Waals surface area (Å²) in [5.41, 5.74) is 0.545. The lowest BCUT2D eigenvalue weighted by atomic mass is 9.96. The van der Waals surface area contributed by atoms with Crippen molar-refractivity contribution in [3.05, 3.63) is 36.1 Å². The van der Waals surface area contributed by atoms with Crippen molar-refractivity contribution in [2.75, 3.05) is 12.4 Å². The summed E-state index contributed by atoms with van der Waals surface area (Å²) in [5.74, 6) is 0.582. The molecule has 1 fully saturated rings. The number of anilines is 1. The van der Waals surface area contributed by atoms with E-state index in [4.69, 9.17) is 9.47 Å². The highest BCUT2D eigenvalue weighted by Crippen LogP contribution is 2.20. The third-order valence-corrected chi connectivity index (χ3v) is 3.90. The summed E-state index contributed by atoms with van der Waals surface area (Å²) in [6.45, 7) is 1.69. The summed E-state index contributed by atoms with van der Waals surface area (Å²) in [6.07, 6.45) is 6.39. The summed E-state index contributed by atoms with van der Waals surface area (Å²) in [4.78, 5) is 23.7. The Hall–Kier alpha value is -2.50. The van der Waals surface area contributed by atoms with Crippen LogP contribution in [0, 0.1) is 0 Å². The maximum Gasteiger partial charge on any atom is 0.412 e. The summed E-state index contributed by atoms with van der Waals surface area (Å²) in [5, 5.41) is 5.58. The molecule has 0 aliphatic heterocycles. The molecule has 130 valence electrons. The molecule has 0 radical (unpaired) electrons. The van der Waals surface area contributed by atoms with Crippen LogP contribution in [-0.2, 0) is 9.53 Å². The molecule has 2 rings (SSSR count). The molecule has 0 aromatic heterocycles. The number of hydrogen-bond acceptors (Lipinski definition) is 4. The quantitative estimate of drug-likeness (QED) is 0.638. The van der Waals surface area contributed by atoms with Gasteiger partial charge in [0.25, 0.3) is 5.91 Å². The Morgan fingerprint density at radius 1 is 1.21 bits per heavy atom. The highest BCUT2D eigenvalue weighted by atomic mass is 16.6. The second-order valence-corrected chi connectivity index (χ2v) is 5.84. The maximum atomic E-state index is 12.0. The van der Waals surface area contributed by atoms with Gasteiger partial charge in [-0.05, 0) is 31.9 Å². The highest BCUT2D eigenvalue weighted by Gasteiger charge is 2.16. The molecule has 2 N–H and O–H groups in total. The second kappa shape index (κ2) is 8.96. The predicted octanol–water partition coefficient (Wildman–Crippen LogP) is 3.60. The van der Waals surface area contributed by atoms with Gasteiger partial charge in [-0.25, -0.2) is 4.79 Å². The molecule has 2 amide bonds. The molecular weight excluding hydrogens is 308 g/mol. The molecule has 1 aromatic rings.